The molecule has 1 amide bonds. The van der Waals surface area contributed by atoms with Crippen molar-refractivity contribution in [1.29, 1.82) is 0 Å². The maximum absolute atomic E-state index is 12.6. The first-order chi connectivity index (χ1) is 13.6. The number of nitrogens with zero attached hydrogens (tertiary/aromatic N) is 4. The number of carbonyl (C=O) groups is 1. The van der Waals surface area contributed by atoms with E-state index in [2.05, 4.69) is 15.1 Å². The van der Waals surface area contributed by atoms with Crippen LogP contribution in [-0.4, -0.2) is 33.0 Å². The molecule has 0 saturated carbocycles. The van der Waals surface area contributed by atoms with Gasteiger partial charge in [0, 0.05) is 25.5 Å². The smallest absolute Gasteiger partial charge is 0.227 e. The van der Waals surface area contributed by atoms with Crippen LogP contribution in [0.1, 0.15) is 30.3 Å². The van der Waals surface area contributed by atoms with Crippen molar-refractivity contribution in [2.45, 2.75) is 25.8 Å². The maximum Gasteiger partial charge on any atom is 0.227 e. The van der Waals surface area contributed by atoms with Gasteiger partial charge in [0.05, 0.1) is 16.3 Å². The Morgan fingerprint density at radius 2 is 1.86 bits per heavy atom. The molecule has 2 aromatic carbocycles. The van der Waals surface area contributed by atoms with Gasteiger partial charge in [-0.1, -0.05) is 47.6 Å². The summed E-state index contributed by atoms with van der Waals surface area (Å²) in [6, 6.07) is 17.5. The molecule has 142 valence electrons. The molecule has 7 heteroatoms. The van der Waals surface area contributed by atoms with Gasteiger partial charge in [0.2, 0.25) is 17.6 Å². The van der Waals surface area contributed by atoms with Crippen LogP contribution in [0.2, 0.25) is 0 Å². The van der Waals surface area contributed by atoms with Gasteiger partial charge in [-0.25, -0.2) is 4.98 Å². The summed E-state index contributed by atoms with van der Waals surface area (Å²) >= 11 is 1.62. The minimum atomic E-state index is -0.0903. The third-order valence-electron chi connectivity index (χ3n) is 4.69. The summed E-state index contributed by atoms with van der Waals surface area (Å²) in [6.07, 6.45) is 0.720. The second kappa shape index (κ2) is 7.90. The van der Waals surface area contributed by atoms with Gasteiger partial charge in [0.1, 0.15) is 5.01 Å². The summed E-state index contributed by atoms with van der Waals surface area (Å²) < 4.78 is 6.42. The molecule has 1 atom stereocenters. The standard InChI is InChI=1S/C21H20N4O2S/c1-14(21-22-16-10-6-7-11-17(16)28-21)25(2)19(26)13-12-18-23-20(24-27-18)15-8-4-3-5-9-15/h3-11,14H,12-13H2,1-2H3/t14-/m0/s1. The Morgan fingerprint density at radius 3 is 2.64 bits per heavy atom. The van der Waals surface area contributed by atoms with Gasteiger partial charge in [-0.3, -0.25) is 4.79 Å². The van der Waals surface area contributed by atoms with E-state index in [1.165, 1.54) is 0 Å². The summed E-state index contributed by atoms with van der Waals surface area (Å²) in [7, 11) is 1.81. The molecule has 2 aromatic heterocycles. The number of rotatable bonds is 6. The quantitative estimate of drug-likeness (QED) is 0.483. The van der Waals surface area contributed by atoms with Gasteiger partial charge in [-0.05, 0) is 19.1 Å². The summed E-state index contributed by atoms with van der Waals surface area (Å²) in [5.74, 6) is 1.03. The van der Waals surface area contributed by atoms with E-state index in [-0.39, 0.29) is 11.9 Å². The Labute approximate surface area is 166 Å². The zero-order chi connectivity index (χ0) is 19.5. The fraction of sp³-hybridized carbons (Fsp3) is 0.238. The number of hydrogen-bond acceptors (Lipinski definition) is 6. The Bertz CT molecular complexity index is 1060. The molecular weight excluding hydrogens is 372 g/mol. The SMILES string of the molecule is C[C@@H](c1nc2ccccc2s1)N(C)C(=O)CCc1nc(-c2ccccc2)no1. The third-order valence-corrected chi connectivity index (χ3v) is 5.90. The van der Waals surface area contributed by atoms with Crippen molar-refractivity contribution in [3.63, 3.8) is 0 Å². The summed E-state index contributed by atoms with van der Waals surface area (Å²) in [5, 5.41) is 4.93. The number of para-hydroxylation sites is 1. The second-order valence-corrected chi connectivity index (χ2v) is 7.64. The van der Waals surface area contributed by atoms with Crippen molar-refractivity contribution in [3.8, 4) is 11.4 Å². The summed E-state index contributed by atoms with van der Waals surface area (Å²) in [4.78, 5) is 23.4. The van der Waals surface area contributed by atoms with E-state index in [0.717, 1.165) is 20.8 Å². The molecule has 4 aromatic rings. The van der Waals surface area contributed by atoms with E-state index in [0.29, 0.717) is 24.6 Å². The van der Waals surface area contributed by atoms with Crippen molar-refractivity contribution in [2.24, 2.45) is 0 Å². The minimum absolute atomic E-state index is 0.0196. The largest absolute Gasteiger partial charge is 0.339 e. The van der Waals surface area contributed by atoms with Crippen LogP contribution in [0.3, 0.4) is 0 Å². The average molecular weight is 392 g/mol. The average Bonchev–Trinajstić information content (AvgIpc) is 3.38. The normalized spacial score (nSPS) is 12.2. The zero-order valence-corrected chi connectivity index (χ0v) is 16.5. The van der Waals surface area contributed by atoms with Crippen LogP contribution in [0, 0.1) is 0 Å². The molecule has 0 unspecified atom stereocenters. The lowest BCUT2D eigenvalue weighted by Gasteiger charge is -2.23. The van der Waals surface area contributed by atoms with Gasteiger partial charge in [0.15, 0.2) is 0 Å². The highest BCUT2D eigenvalue weighted by Gasteiger charge is 2.21. The molecule has 0 aliphatic carbocycles. The number of carbonyl (C=O) groups excluding carboxylic acids is 1. The highest BCUT2D eigenvalue weighted by atomic mass is 32.1. The summed E-state index contributed by atoms with van der Waals surface area (Å²) in [5.41, 5.74) is 1.86. The topological polar surface area (TPSA) is 72.1 Å². The van der Waals surface area contributed by atoms with E-state index in [1.807, 2.05) is 68.6 Å². The van der Waals surface area contributed by atoms with Crippen LogP contribution in [0.15, 0.2) is 59.1 Å². The number of fused-ring (bicyclic) bond motifs is 1. The second-order valence-electron chi connectivity index (χ2n) is 6.58. The molecule has 0 aliphatic rings. The molecular formula is C21H20N4O2S. The van der Waals surface area contributed by atoms with Crippen molar-refractivity contribution in [2.75, 3.05) is 7.05 Å². The number of aromatic nitrogens is 3. The molecule has 0 fully saturated rings. The van der Waals surface area contributed by atoms with Crippen LogP contribution in [0.5, 0.6) is 0 Å². The fourth-order valence-electron chi connectivity index (χ4n) is 2.90. The molecule has 0 bridgehead atoms. The molecule has 2 heterocycles. The number of hydrogen-bond donors (Lipinski definition) is 0. The lowest BCUT2D eigenvalue weighted by Crippen LogP contribution is -2.29. The van der Waals surface area contributed by atoms with Gasteiger partial charge in [-0.2, -0.15) is 4.98 Å². The van der Waals surface area contributed by atoms with E-state index in [4.69, 9.17) is 4.52 Å². The molecule has 4 rings (SSSR count). The molecule has 0 aliphatic heterocycles. The third kappa shape index (κ3) is 3.80. The van der Waals surface area contributed by atoms with Gasteiger partial charge >= 0.3 is 0 Å². The highest BCUT2D eigenvalue weighted by molar-refractivity contribution is 7.18. The van der Waals surface area contributed by atoms with E-state index in [1.54, 1.807) is 16.2 Å². The van der Waals surface area contributed by atoms with Gasteiger partial charge in [0.25, 0.3) is 0 Å². The Morgan fingerprint density at radius 1 is 1.11 bits per heavy atom. The Kier molecular flexibility index (Phi) is 5.16. The maximum atomic E-state index is 12.6. The number of aryl methyl sites for hydroxylation is 1. The predicted molar refractivity (Wildman–Crippen MR) is 109 cm³/mol. The van der Waals surface area contributed by atoms with Gasteiger partial charge < -0.3 is 9.42 Å². The predicted octanol–water partition coefficient (Wildman–Crippen LogP) is 4.50. The first-order valence-electron chi connectivity index (χ1n) is 9.11. The zero-order valence-electron chi connectivity index (χ0n) is 15.7. The minimum Gasteiger partial charge on any atom is -0.339 e. The molecule has 0 spiro atoms. The molecule has 6 nitrogen and oxygen atoms in total. The van der Waals surface area contributed by atoms with E-state index >= 15 is 0 Å². The first-order valence-corrected chi connectivity index (χ1v) is 9.92. The van der Waals surface area contributed by atoms with Crippen molar-refractivity contribution < 1.29 is 9.32 Å². The fourth-order valence-corrected chi connectivity index (χ4v) is 3.96. The molecule has 28 heavy (non-hydrogen) atoms. The molecule has 0 saturated heterocycles. The van der Waals surface area contributed by atoms with Crippen LogP contribution in [0.25, 0.3) is 21.6 Å². The van der Waals surface area contributed by atoms with Crippen LogP contribution in [-0.2, 0) is 11.2 Å². The monoisotopic (exact) mass is 392 g/mol. The van der Waals surface area contributed by atoms with Crippen LogP contribution in [0.4, 0.5) is 0 Å². The lowest BCUT2D eigenvalue weighted by atomic mass is 10.2. The summed E-state index contributed by atoms with van der Waals surface area (Å²) in [6.45, 7) is 2.00. The first kappa shape index (κ1) is 18.3. The molecule has 0 radical (unpaired) electrons. The molecule has 0 N–H and O–H groups in total. The number of amides is 1. The van der Waals surface area contributed by atoms with Crippen molar-refractivity contribution >= 4 is 27.5 Å². The Hall–Kier alpha value is -3.06. The van der Waals surface area contributed by atoms with Crippen molar-refractivity contribution in [3.05, 3.63) is 65.5 Å². The van der Waals surface area contributed by atoms with E-state index < -0.39 is 0 Å². The Balaban J connectivity index is 1.38. The number of thiazole rings is 1. The van der Waals surface area contributed by atoms with Gasteiger partial charge in [-0.15, -0.1) is 11.3 Å². The number of benzene rings is 2. The lowest BCUT2D eigenvalue weighted by molar-refractivity contribution is -0.131. The highest BCUT2D eigenvalue weighted by Crippen LogP contribution is 2.29. The van der Waals surface area contributed by atoms with Crippen molar-refractivity contribution in [1.82, 2.24) is 20.0 Å². The van der Waals surface area contributed by atoms with E-state index in [9.17, 15) is 4.79 Å². The van der Waals surface area contributed by atoms with Crippen LogP contribution >= 0.6 is 11.3 Å². The van der Waals surface area contributed by atoms with Crippen LogP contribution < -0.4 is 0 Å².